The summed E-state index contributed by atoms with van der Waals surface area (Å²) in [4.78, 5) is 0. The second-order valence-corrected chi connectivity index (χ2v) is 6.45. The van der Waals surface area contributed by atoms with Gasteiger partial charge in [-0.3, -0.25) is 0 Å². The molecule has 1 aromatic carbocycles. The minimum absolute atomic E-state index is 0.330. The second kappa shape index (κ2) is 4.76. The topological polar surface area (TPSA) is 39.7 Å². The normalized spacial score (nSPS) is 23.9. The van der Waals surface area contributed by atoms with Crippen LogP contribution in [0.5, 0.6) is 5.75 Å². The van der Waals surface area contributed by atoms with Gasteiger partial charge in [0.1, 0.15) is 12.4 Å². The van der Waals surface area contributed by atoms with E-state index < -0.39 is 0 Å². The van der Waals surface area contributed by atoms with Gasteiger partial charge in [0.25, 0.3) is 0 Å². The SMILES string of the molecule is CC1(C)OB(c2cccc3c2OCCNC3)OC1(C)C. The van der Waals surface area contributed by atoms with Crippen molar-refractivity contribution >= 4 is 12.6 Å². The lowest BCUT2D eigenvalue weighted by molar-refractivity contribution is 0.00578. The maximum Gasteiger partial charge on any atom is 0.498 e. The molecular weight excluding hydrogens is 253 g/mol. The minimum Gasteiger partial charge on any atom is -0.492 e. The number of fused-ring (bicyclic) bond motifs is 1. The molecule has 2 heterocycles. The lowest BCUT2D eigenvalue weighted by Crippen LogP contribution is -2.41. The van der Waals surface area contributed by atoms with Gasteiger partial charge < -0.3 is 19.4 Å². The lowest BCUT2D eigenvalue weighted by Gasteiger charge is -2.32. The first-order valence-corrected chi connectivity index (χ1v) is 7.22. The van der Waals surface area contributed by atoms with Crippen LogP contribution in [-0.4, -0.2) is 31.5 Å². The van der Waals surface area contributed by atoms with Gasteiger partial charge in [-0.15, -0.1) is 0 Å². The van der Waals surface area contributed by atoms with Gasteiger partial charge in [-0.05, 0) is 27.7 Å². The van der Waals surface area contributed by atoms with Crippen molar-refractivity contribution in [2.75, 3.05) is 13.2 Å². The summed E-state index contributed by atoms with van der Waals surface area (Å²) < 4.78 is 18.2. The number of ether oxygens (including phenoxy) is 1. The van der Waals surface area contributed by atoms with Gasteiger partial charge in [0.05, 0.1) is 11.2 Å². The Balaban J connectivity index is 1.96. The molecule has 20 heavy (non-hydrogen) atoms. The third kappa shape index (κ3) is 2.24. The Morgan fingerprint density at radius 1 is 1.10 bits per heavy atom. The number of hydrogen-bond acceptors (Lipinski definition) is 4. The monoisotopic (exact) mass is 275 g/mol. The first-order chi connectivity index (χ1) is 9.41. The fourth-order valence-corrected chi connectivity index (χ4v) is 2.52. The summed E-state index contributed by atoms with van der Waals surface area (Å²) in [5, 5.41) is 3.35. The smallest absolute Gasteiger partial charge is 0.492 e. The molecule has 0 atom stereocenters. The maximum absolute atomic E-state index is 6.13. The van der Waals surface area contributed by atoms with E-state index in [0.717, 1.165) is 29.9 Å². The van der Waals surface area contributed by atoms with Gasteiger partial charge in [0.2, 0.25) is 0 Å². The zero-order valence-electron chi connectivity index (χ0n) is 12.7. The van der Waals surface area contributed by atoms with Crippen molar-refractivity contribution in [3.63, 3.8) is 0 Å². The van der Waals surface area contributed by atoms with E-state index in [1.807, 2.05) is 12.1 Å². The summed E-state index contributed by atoms with van der Waals surface area (Å²) in [5.41, 5.74) is 1.49. The number of benzene rings is 1. The van der Waals surface area contributed by atoms with Crippen molar-refractivity contribution in [2.45, 2.75) is 45.4 Å². The largest absolute Gasteiger partial charge is 0.498 e. The third-order valence-corrected chi connectivity index (χ3v) is 4.47. The molecule has 1 N–H and O–H groups in total. The first kappa shape index (κ1) is 13.9. The Hall–Kier alpha value is -1.04. The minimum atomic E-state index is -0.368. The molecule has 2 aliphatic heterocycles. The zero-order valence-corrected chi connectivity index (χ0v) is 12.7. The van der Waals surface area contributed by atoms with Crippen molar-refractivity contribution in [3.8, 4) is 5.75 Å². The molecular formula is C15H22BNO3. The summed E-state index contributed by atoms with van der Waals surface area (Å²) in [6.07, 6.45) is 0. The Kier molecular flexibility index (Phi) is 3.31. The van der Waals surface area contributed by atoms with Gasteiger partial charge in [-0.1, -0.05) is 18.2 Å². The Bertz CT molecular complexity index is 500. The van der Waals surface area contributed by atoms with E-state index in [2.05, 4.69) is 39.1 Å². The average Bonchev–Trinajstić information content (AvgIpc) is 2.57. The van der Waals surface area contributed by atoms with Gasteiger partial charge >= 0.3 is 7.12 Å². The van der Waals surface area contributed by atoms with Gasteiger partial charge in [-0.2, -0.15) is 0 Å². The van der Waals surface area contributed by atoms with E-state index in [4.69, 9.17) is 14.0 Å². The maximum atomic E-state index is 6.13. The summed E-state index contributed by atoms with van der Waals surface area (Å²) >= 11 is 0. The number of nitrogens with one attached hydrogen (secondary N) is 1. The van der Waals surface area contributed by atoms with Crippen LogP contribution in [0.2, 0.25) is 0 Å². The quantitative estimate of drug-likeness (QED) is 0.788. The third-order valence-electron chi connectivity index (χ3n) is 4.47. The molecule has 0 radical (unpaired) electrons. The van der Waals surface area contributed by atoms with Crippen LogP contribution in [0.15, 0.2) is 18.2 Å². The highest BCUT2D eigenvalue weighted by Crippen LogP contribution is 2.37. The predicted octanol–water partition coefficient (Wildman–Crippen LogP) is 1.47. The lowest BCUT2D eigenvalue weighted by atomic mass is 9.77. The molecule has 0 spiro atoms. The Labute approximate surface area is 120 Å². The second-order valence-electron chi connectivity index (χ2n) is 6.45. The van der Waals surface area contributed by atoms with Gasteiger partial charge in [0.15, 0.2) is 0 Å². The standard InChI is InChI=1S/C15H22BNO3/c1-14(2)15(3,4)20-16(19-14)12-7-5-6-11-10-17-8-9-18-13(11)12/h5-7,17H,8-10H2,1-4H3. The fourth-order valence-electron chi connectivity index (χ4n) is 2.52. The molecule has 4 nitrogen and oxygen atoms in total. The van der Waals surface area contributed by atoms with Crippen molar-refractivity contribution in [3.05, 3.63) is 23.8 Å². The van der Waals surface area contributed by atoms with Crippen molar-refractivity contribution in [1.82, 2.24) is 5.32 Å². The van der Waals surface area contributed by atoms with Crippen LogP contribution in [0.4, 0.5) is 0 Å². The summed E-state index contributed by atoms with van der Waals surface area (Å²) in [6.45, 7) is 10.6. The van der Waals surface area contributed by atoms with Crippen molar-refractivity contribution in [2.24, 2.45) is 0 Å². The molecule has 108 valence electrons. The molecule has 1 aromatic rings. The van der Waals surface area contributed by atoms with Crippen LogP contribution >= 0.6 is 0 Å². The average molecular weight is 275 g/mol. The van der Waals surface area contributed by atoms with E-state index in [0.29, 0.717) is 6.61 Å². The van der Waals surface area contributed by atoms with Gasteiger partial charge in [-0.25, -0.2) is 0 Å². The summed E-state index contributed by atoms with van der Waals surface area (Å²) in [6, 6.07) is 6.16. The molecule has 0 amide bonds. The molecule has 0 aromatic heterocycles. The first-order valence-electron chi connectivity index (χ1n) is 7.22. The van der Waals surface area contributed by atoms with Crippen LogP contribution in [-0.2, 0) is 15.9 Å². The zero-order chi connectivity index (χ0) is 14.4. The molecule has 1 saturated heterocycles. The Morgan fingerprint density at radius 2 is 1.80 bits per heavy atom. The molecule has 0 aliphatic carbocycles. The van der Waals surface area contributed by atoms with E-state index in [-0.39, 0.29) is 18.3 Å². The van der Waals surface area contributed by atoms with Crippen LogP contribution in [0.25, 0.3) is 0 Å². The summed E-state index contributed by atoms with van der Waals surface area (Å²) in [7, 11) is -0.368. The number of rotatable bonds is 1. The number of hydrogen-bond donors (Lipinski definition) is 1. The summed E-state index contributed by atoms with van der Waals surface area (Å²) in [5.74, 6) is 0.913. The van der Waals surface area contributed by atoms with Crippen molar-refractivity contribution in [1.29, 1.82) is 0 Å². The van der Waals surface area contributed by atoms with Crippen molar-refractivity contribution < 1.29 is 14.0 Å². The predicted molar refractivity (Wildman–Crippen MR) is 79.4 cm³/mol. The van der Waals surface area contributed by atoms with Crippen LogP contribution in [0.1, 0.15) is 33.3 Å². The van der Waals surface area contributed by atoms with Crippen LogP contribution in [0, 0.1) is 0 Å². The highest BCUT2D eigenvalue weighted by molar-refractivity contribution is 6.63. The molecule has 0 saturated carbocycles. The van der Waals surface area contributed by atoms with E-state index in [1.54, 1.807) is 0 Å². The highest BCUT2D eigenvalue weighted by atomic mass is 16.7. The van der Waals surface area contributed by atoms with Gasteiger partial charge in [0, 0.05) is 24.1 Å². The number of para-hydroxylation sites is 1. The molecule has 5 heteroatoms. The van der Waals surface area contributed by atoms with E-state index in [1.165, 1.54) is 0 Å². The highest BCUT2D eigenvalue weighted by Gasteiger charge is 2.52. The molecule has 2 aliphatic rings. The van der Waals surface area contributed by atoms with Crippen LogP contribution in [0.3, 0.4) is 0 Å². The van der Waals surface area contributed by atoms with Crippen LogP contribution < -0.4 is 15.5 Å². The molecule has 0 unspecified atom stereocenters. The molecule has 1 fully saturated rings. The Morgan fingerprint density at radius 3 is 2.50 bits per heavy atom. The fraction of sp³-hybridized carbons (Fsp3) is 0.600. The molecule has 0 bridgehead atoms. The van der Waals surface area contributed by atoms with E-state index in [9.17, 15) is 0 Å². The van der Waals surface area contributed by atoms with E-state index >= 15 is 0 Å². The molecule has 3 rings (SSSR count).